The average Bonchev–Trinajstić information content (AvgIpc) is 2.42. The van der Waals surface area contributed by atoms with E-state index in [2.05, 4.69) is 27.3 Å². The van der Waals surface area contributed by atoms with Gasteiger partial charge < -0.3 is 10.4 Å². The fourth-order valence-corrected chi connectivity index (χ4v) is 3.10. The van der Waals surface area contributed by atoms with Crippen molar-refractivity contribution in [3.05, 3.63) is 28.2 Å². The number of hydrogen-bond acceptors (Lipinski definition) is 3. The Kier molecular flexibility index (Phi) is 5.24. The van der Waals surface area contributed by atoms with Gasteiger partial charge in [-0.05, 0) is 31.0 Å². The normalized spacial score (nSPS) is 18.1. The Morgan fingerprint density at radius 1 is 1.24 bits per heavy atom. The first kappa shape index (κ1) is 15.8. The fourth-order valence-electron chi connectivity index (χ4n) is 2.76. The molecule has 0 spiro atoms. The molecule has 1 aliphatic carbocycles. The van der Waals surface area contributed by atoms with Crippen molar-refractivity contribution < 1.29 is 9.90 Å². The van der Waals surface area contributed by atoms with Crippen molar-refractivity contribution in [2.75, 3.05) is 0 Å². The Morgan fingerprint density at radius 3 is 2.43 bits per heavy atom. The van der Waals surface area contributed by atoms with Crippen LogP contribution < -0.4 is 5.32 Å². The second-order valence-electron chi connectivity index (χ2n) is 5.58. The summed E-state index contributed by atoms with van der Waals surface area (Å²) in [6, 6.07) is 7.03. The van der Waals surface area contributed by atoms with E-state index in [-0.39, 0.29) is 17.2 Å². The zero-order chi connectivity index (χ0) is 15.3. The molecule has 1 aliphatic rings. The highest BCUT2D eigenvalue weighted by Gasteiger charge is 2.32. The lowest BCUT2D eigenvalue weighted by atomic mass is 9.85. The van der Waals surface area contributed by atoms with Crippen LogP contribution in [0.3, 0.4) is 0 Å². The highest BCUT2D eigenvalue weighted by molar-refractivity contribution is 9.10. The number of phenolic OH excluding ortho intramolecular Hbond substituents is 1. The Morgan fingerprint density at radius 2 is 1.86 bits per heavy atom. The van der Waals surface area contributed by atoms with Crippen LogP contribution in [0.2, 0.25) is 0 Å². The minimum Gasteiger partial charge on any atom is -0.507 e. The SMILES string of the molecule is N#CC1(NC(=O)c2ccc(Br)cc2O)CCCCCCC1. The Balaban J connectivity index is 2.16. The number of rotatable bonds is 2. The maximum atomic E-state index is 12.4. The molecule has 0 atom stereocenters. The zero-order valence-electron chi connectivity index (χ0n) is 11.9. The van der Waals surface area contributed by atoms with E-state index in [1.54, 1.807) is 12.1 Å². The minimum absolute atomic E-state index is 0.0826. The minimum atomic E-state index is -0.809. The summed E-state index contributed by atoms with van der Waals surface area (Å²) >= 11 is 3.24. The predicted octanol–water partition coefficient (Wildman–Crippen LogP) is 3.89. The molecular formula is C16H19BrN2O2. The molecular weight excluding hydrogens is 332 g/mol. The molecule has 2 N–H and O–H groups in total. The molecule has 0 aliphatic heterocycles. The summed E-state index contributed by atoms with van der Waals surface area (Å²) in [7, 11) is 0. The van der Waals surface area contributed by atoms with Crippen LogP contribution >= 0.6 is 15.9 Å². The first-order chi connectivity index (χ1) is 10.1. The molecule has 0 bridgehead atoms. The van der Waals surface area contributed by atoms with Gasteiger partial charge >= 0.3 is 0 Å². The van der Waals surface area contributed by atoms with E-state index in [0.717, 1.165) is 25.7 Å². The van der Waals surface area contributed by atoms with Gasteiger partial charge in [0.2, 0.25) is 0 Å². The van der Waals surface area contributed by atoms with Gasteiger partial charge in [-0.15, -0.1) is 0 Å². The third-order valence-corrected chi connectivity index (χ3v) is 4.47. The highest BCUT2D eigenvalue weighted by atomic mass is 79.9. The summed E-state index contributed by atoms with van der Waals surface area (Å²) < 4.78 is 0.706. The van der Waals surface area contributed by atoms with Gasteiger partial charge in [0.15, 0.2) is 0 Å². The van der Waals surface area contributed by atoms with Crippen molar-refractivity contribution in [2.24, 2.45) is 0 Å². The standard InChI is InChI=1S/C16H19BrN2O2/c17-12-6-7-13(14(20)10-12)15(21)19-16(11-18)8-4-2-1-3-5-9-16/h6-7,10,20H,1-5,8-9H2,(H,19,21). The maximum absolute atomic E-state index is 12.4. The smallest absolute Gasteiger partial charge is 0.256 e. The van der Waals surface area contributed by atoms with E-state index in [1.807, 2.05) is 0 Å². The van der Waals surface area contributed by atoms with Crippen molar-refractivity contribution in [1.82, 2.24) is 5.32 Å². The summed E-state index contributed by atoms with van der Waals surface area (Å²) in [5.41, 5.74) is -0.605. The van der Waals surface area contributed by atoms with E-state index in [4.69, 9.17) is 0 Å². The molecule has 1 aromatic rings. The average molecular weight is 351 g/mol. The van der Waals surface area contributed by atoms with Crippen LogP contribution in [-0.2, 0) is 0 Å². The molecule has 112 valence electrons. The summed E-state index contributed by atoms with van der Waals surface area (Å²) in [6.45, 7) is 0. The lowest BCUT2D eigenvalue weighted by molar-refractivity contribution is 0.0905. The summed E-state index contributed by atoms with van der Waals surface area (Å²) in [5.74, 6) is -0.470. The highest BCUT2D eigenvalue weighted by Crippen LogP contribution is 2.28. The molecule has 1 saturated carbocycles. The number of hydrogen-bond donors (Lipinski definition) is 2. The molecule has 1 aromatic carbocycles. The van der Waals surface area contributed by atoms with Crippen LogP contribution in [0.25, 0.3) is 0 Å². The van der Waals surface area contributed by atoms with E-state index in [1.165, 1.54) is 12.5 Å². The van der Waals surface area contributed by atoms with Crippen molar-refractivity contribution >= 4 is 21.8 Å². The number of nitrogens with zero attached hydrogens (tertiary/aromatic N) is 1. The second kappa shape index (κ2) is 6.95. The van der Waals surface area contributed by atoms with Crippen molar-refractivity contribution in [3.8, 4) is 11.8 Å². The summed E-state index contributed by atoms with van der Waals surface area (Å²) in [6.07, 6.45) is 6.63. The molecule has 0 heterocycles. The third-order valence-electron chi connectivity index (χ3n) is 3.98. The van der Waals surface area contributed by atoms with Crippen LogP contribution in [-0.4, -0.2) is 16.6 Å². The van der Waals surface area contributed by atoms with E-state index in [9.17, 15) is 15.2 Å². The van der Waals surface area contributed by atoms with Gasteiger partial charge in [0.05, 0.1) is 11.6 Å². The number of aromatic hydroxyl groups is 1. The second-order valence-corrected chi connectivity index (χ2v) is 6.49. The number of amides is 1. The number of nitrogens with one attached hydrogen (secondary N) is 1. The third kappa shape index (κ3) is 3.98. The molecule has 0 unspecified atom stereocenters. The van der Waals surface area contributed by atoms with Gasteiger partial charge in [0.25, 0.3) is 5.91 Å². The van der Waals surface area contributed by atoms with Crippen LogP contribution in [0.15, 0.2) is 22.7 Å². The van der Waals surface area contributed by atoms with Crippen molar-refractivity contribution in [3.63, 3.8) is 0 Å². The number of carbonyl (C=O) groups is 1. The monoisotopic (exact) mass is 350 g/mol. The molecule has 5 heteroatoms. The molecule has 0 saturated heterocycles. The number of carbonyl (C=O) groups excluding carboxylic acids is 1. The van der Waals surface area contributed by atoms with Crippen LogP contribution in [0.4, 0.5) is 0 Å². The van der Waals surface area contributed by atoms with Gasteiger partial charge in [-0.1, -0.05) is 48.0 Å². The molecule has 1 fully saturated rings. The topological polar surface area (TPSA) is 73.1 Å². The lowest BCUT2D eigenvalue weighted by Crippen LogP contribution is -2.47. The van der Waals surface area contributed by atoms with Gasteiger partial charge in [0, 0.05) is 4.47 Å². The number of phenols is 1. The van der Waals surface area contributed by atoms with Gasteiger partial charge in [-0.3, -0.25) is 4.79 Å². The van der Waals surface area contributed by atoms with Crippen LogP contribution in [0.1, 0.15) is 55.3 Å². The molecule has 0 aromatic heterocycles. The maximum Gasteiger partial charge on any atom is 0.256 e. The van der Waals surface area contributed by atoms with Gasteiger partial charge in [-0.2, -0.15) is 5.26 Å². The quantitative estimate of drug-likeness (QED) is 0.849. The zero-order valence-corrected chi connectivity index (χ0v) is 13.4. The van der Waals surface area contributed by atoms with Crippen molar-refractivity contribution in [1.29, 1.82) is 5.26 Å². The van der Waals surface area contributed by atoms with E-state index >= 15 is 0 Å². The number of benzene rings is 1. The molecule has 0 radical (unpaired) electrons. The largest absolute Gasteiger partial charge is 0.507 e. The first-order valence-electron chi connectivity index (χ1n) is 7.29. The molecule has 21 heavy (non-hydrogen) atoms. The van der Waals surface area contributed by atoms with Gasteiger partial charge in [-0.25, -0.2) is 0 Å². The van der Waals surface area contributed by atoms with Crippen molar-refractivity contribution in [2.45, 2.75) is 50.5 Å². The van der Waals surface area contributed by atoms with Gasteiger partial charge in [0.1, 0.15) is 11.3 Å². The summed E-state index contributed by atoms with van der Waals surface area (Å²) in [4.78, 5) is 12.4. The van der Waals surface area contributed by atoms with E-state index < -0.39 is 5.54 Å². The lowest BCUT2D eigenvalue weighted by Gasteiger charge is -2.29. The molecule has 2 rings (SSSR count). The van der Waals surface area contributed by atoms with Crippen LogP contribution in [0.5, 0.6) is 5.75 Å². The van der Waals surface area contributed by atoms with Crippen LogP contribution in [0, 0.1) is 11.3 Å². The Labute approximate surface area is 133 Å². The number of halogens is 1. The predicted molar refractivity (Wildman–Crippen MR) is 83.9 cm³/mol. The number of nitriles is 1. The fraction of sp³-hybridized carbons (Fsp3) is 0.500. The Bertz CT molecular complexity index is 558. The molecule has 4 nitrogen and oxygen atoms in total. The summed E-state index contributed by atoms with van der Waals surface area (Å²) in [5, 5.41) is 22.3. The molecule has 1 amide bonds. The van der Waals surface area contributed by atoms with E-state index in [0.29, 0.717) is 17.3 Å². The Hall–Kier alpha value is -1.54. The first-order valence-corrected chi connectivity index (χ1v) is 8.08.